The lowest BCUT2D eigenvalue weighted by Gasteiger charge is -2.10. The van der Waals surface area contributed by atoms with Gasteiger partial charge >= 0.3 is 0 Å². The molecule has 1 unspecified atom stereocenters. The molecule has 2 N–H and O–H groups in total. The quantitative estimate of drug-likeness (QED) is 0.831. The lowest BCUT2D eigenvalue weighted by Crippen LogP contribution is -2.31. The van der Waals surface area contributed by atoms with Crippen molar-refractivity contribution in [2.75, 3.05) is 6.54 Å². The van der Waals surface area contributed by atoms with E-state index in [9.17, 15) is 9.90 Å². The van der Waals surface area contributed by atoms with Gasteiger partial charge in [-0.25, -0.2) is 0 Å². The summed E-state index contributed by atoms with van der Waals surface area (Å²) in [6.07, 6.45) is 3.60. The van der Waals surface area contributed by atoms with Gasteiger partial charge in [-0.2, -0.15) is 0 Å². The summed E-state index contributed by atoms with van der Waals surface area (Å²) in [4.78, 5) is 11.8. The lowest BCUT2D eigenvalue weighted by molar-refractivity contribution is 0.0914. The summed E-state index contributed by atoms with van der Waals surface area (Å²) >= 11 is 0. The van der Waals surface area contributed by atoms with Gasteiger partial charge in [-0.05, 0) is 48.9 Å². The number of hydrogen-bond acceptors (Lipinski definition) is 2. The number of amides is 1. The van der Waals surface area contributed by atoms with Crippen molar-refractivity contribution in [2.45, 2.75) is 38.7 Å². The average Bonchev–Trinajstić information content (AvgIpc) is 2.82. The van der Waals surface area contributed by atoms with Gasteiger partial charge in [-0.15, -0.1) is 0 Å². The van der Waals surface area contributed by atoms with Crippen LogP contribution in [-0.4, -0.2) is 23.7 Å². The van der Waals surface area contributed by atoms with Crippen molar-refractivity contribution in [1.82, 2.24) is 5.32 Å². The van der Waals surface area contributed by atoms with Crippen LogP contribution in [0.3, 0.4) is 0 Å². The lowest BCUT2D eigenvalue weighted by atomic mass is 10.1. The van der Waals surface area contributed by atoms with E-state index in [1.807, 2.05) is 25.1 Å². The van der Waals surface area contributed by atoms with E-state index in [1.165, 1.54) is 17.5 Å². The number of benzene rings is 1. The Morgan fingerprint density at radius 3 is 2.94 bits per heavy atom. The molecule has 1 aliphatic rings. The first kappa shape index (κ1) is 12.1. The predicted octanol–water partition coefficient (Wildman–Crippen LogP) is 1.68. The minimum absolute atomic E-state index is 0.0906. The molecule has 2 rings (SSSR count). The summed E-state index contributed by atoms with van der Waals surface area (Å²) in [5, 5.41) is 12.1. The molecular formula is C14H19NO2. The first-order chi connectivity index (χ1) is 8.20. The smallest absolute Gasteiger partial charge is 0.251 e. The number of aliphatic hydroxyl groups is 1. The summed E-state index contributed by atoms with van der Waals surface area (Å²) in [6.45, 7) is 2.22. The van der Waals surface area contributed by atoms with Crippen molar-refractivity contribution < 1.29 is 9.90 Å². The molecule has 92 valence electrons. The Labute approximate surface area is 102 Å². The molecule has 0 heterocycles. The number of rotatable bonds is 4. The Balaban J connectivity index is 2.00. The number of hydrogen-bond donors (Lipinski definition) is 2. The largest absolute Gasteiger partial charge is 0.391 e. The third-order valence-electron chi connectivity index (χ3n) is 3.33. The van der Waals surface area contributed by atoms with Crippen LogP contribution in [0.25, 0.3) is 0 Å². The van der Waals surface area contributed by atoms with Gasteiger partial charge in [-0.3, -0.25) is 4.79 Å². The van der Waals surface area contributed by atoms with Crippen LogP contribution in [0.5, 0.6) is 0 Å². The normalized spacial score (nSPS) is 15.4. The molecule has 0 aromatic heterocycles. The van der Waals surface area contributed by atoms with Crippen LogP contribution < -0.4 is 5.32 Å². The molecule has 3 nitrogen and oxygen atoms in total. The van der Waals surface area contributed by atoms with Crippen LogP contribution in [0.1, 0.15) is 41.3 Å². The van der Waals surface area contributed by atoms with Gasteiger partial charge in [0.15, 0.2) is 0 Å². The number of nitrogens with one attached hydrogen (secondary N) is 1. The standard InChI is InChI=1S/C14H19NO2/c1-2-13(16)9-15-14(17)12-7-6-10-4-3-5-11(10)8-12/h6-8,13,16H,2-5,9H2,1H3,(H,15,17). The van der Waals surface area contributed by atoms with Gasteiger partial charge in [0.25, 0.3) is 5.91 Å². The first-order valence-electron chi connectivity index (χ1n) is 6.28. The Morgan fingerprint density at radius 1 is 1.41 bits per heavy atom. The second-order valence-electron chi connectivity index (χ2n) is 4.61. The topological polar surface area (TPSA) is 49.3 Å². The molecule has 1 aliphatic carbocycles. The molecule has 0 radical (unpaired) electrons. The molecule has 1 amide bonds. The van der Waals surface area contributed by atoms with E-state index in [0.29, 0.717) is 18.5 Å². The molecule has 0 spiro atoms. The zero-order valence-corrected chi connectivity index (χ0v) is 10.2. The van der Waals surface area contributed by atoms with Crippen LogP contribution in [0, 0.1) is 0 Å². The minimum atomic E-state index is -0.451. The van der Waals surface area contributed by atoms with Crippen LogP contribution in [0.2, 0.25) is 0 Å². The maximum atomic E-state index is 11.8. The summed E-state index contributed by atoms with van der Waals surface area (Å²) in [5.74, 6) is -0.0906. The zero-order valence-electron chi connectivity index (χ0n) is 10.2. The van der Waals surface area contributed by atoms with Gasteiger partial charge < -0.3 is 10.4 Å². The molecule has 1 aromatic carbocycles. The summed E-state index contributed by atoms with van der Waals surface area (Å²) in [5.41, 5.74) is 3.37. The van der Waals surface area contributed by atoms with Crippen molar-refractivity contribution in [3.8, 4) is 0 Å². The SMILES string of the molecule is CCC(O)CNC(=O)c1ccc2c(c1)CCC2. The summed E-state index contributed by atoms with van der Waals surface area (Å²) in [7, 11) is 0. The van der Waals surface area contributed by atoms with Gasteiger partial charge in [-0.1, -0.05) is 13.0 Å². The highest BCUT2D eigenvalue weighted by atomic mass is 16.3. The monoisotopic (exact) mass is 233 g/mol. The molecule has 0 bridgehead atoms. The molecular weight excluding hydrogens is 214 g/mol. The summed E-state index contributed by atoms with van der Waals surface area (Å²) in [6, 6.07) is 5.90. The highest BCUT2D eigenvalue weighted by molar-refractivity contribution is 5.94. The van der Waals surface area contributed by atoms with E-state index < -0.39 is 6.10 Å². The van der Waals surface area contributed by atoms with E-state index in [2.05, 4.69) is 5.32 Å². The number of carbonyl (C=O) groups is 1. The second kappa shape index (κ2) is 5.32. The number of fused-ring (bicyclic) bond motifs is 1. The Kier molecular flexibility index (Phi) is 3.79. The molecule has 0 fully saturated rings. The maximum Gasteiger partial charge on any atom is 0.251 e. The highest BCUT2D eigenvalue weighted by Gasteiger charge is 2.14. The molecule has 0 saturated heterocycles. The fourth-order valence-corrected chi connectivity index (χ4v) is 2.17. The molecule has 0 saturated carbocycles. The minimum Gasteiger partial charge on any atom is -0.391 e. The van der Waals surface area contributed by atoms with E-state index in [1.54, 1.807) is 0 Å². The van der Waals surface area contributed by atoms with Crippen molar-refractivity contribution >= 4 is 5.91 Å². The number of aryl methyl sites for hydroxylation is 2. The third-order valence-corrected chi connectivity index (χ3v) is 3.33. The third kappa shape index (κ3) is 2.86. The zero-order chi connectivity index (χ0) is 12.3. The fourth-order valence-electron chi connectivity index (χ4n) is 2.17. The van der Waals surface area contributed by atoms with Crippen molar-refractivity contribution in [3.63, 3.8) is 0 Å². The maximum absolute atomic E-state index is 11.8. The first-order valence-corrected chi connectivity index (χ1v) is 6.28. The molecule has 1 aromatic rings. The van der Waals surface area contributed by atoms with Gasteiger partial charge in [0, 0.05) is 12.1 Å². The number of aliphatic hydroxyl groups excluding tert-OH is 1. The van der Waals surface area contributed by atoms with E-state index in [-0.39, 0.29) is 5.91 Å². The average molecular weight is 233 g/mol. The number of carbonyl (C=O) groups excluding carboxylic acids is 1. The molecule has 1 atom stereocenters. The van der Waals surface area contributed by atoms with Crippen LogP contribution >= 0.6 is 0 Å². The van der Waals surface area contributed by atoms with Gasteiger partial charge in [0.05, 0.1) is 6.10 Å². The Bertz CT molecular complexity index is 415. The Morgan fingerprint density at radius 2 is 2.18 bits per heavy atom. The van der Waals surface area contributed by atoms with E-state index in [4.69, 9.17) is 0 Å². The van der Waals surface area contributed by atoms with Crippen molar-refractivity contribution in [1.29, 1.82) is 0 Å². The van der Waals surface area contributed by atoms with Crippen molar-refractivity contribution in [2.24, 2.45) is 0 Å². The van der Waals surface area contributed by atoms with Crippen molar-refractivity contribution in [3.05, 3.63) is 34.9 Å². The Hall–Kier alpha value is -1.35. The van der Waals surface area contributed by atoms with E-state index >= 15 is 0 Å². The van der Waals surface area contributed by atoms with Gasteiger partial charge in [0.2, 0.25) is 0 Å². The van der Waals surface area contributed by atoms with Crippen LogP contribution in [-0.2, 0) is 12.8 Å². The van der Waals surface area contributed by atoms with Crippen LogP contribution in [0.15, 0.2) is 18.2 Å². The molecule has 3 heteroatoms. The van der Waals surface area contributed by atoms with E-state index in [0.717, 1.165) is 12.8 Å². The second-order valence-corrected chi connectivity index (χ2v) is 4.61. The highest BCUT2D eigenvalue weighted by Crippen LogP contribution is 2.22. The van der Waals surface area contributed by atoms with Gasteiger partial charge in [0.1, 0.15) is 0 Å². The molecule has 17 heavy (non-hydrogen) atoms. The fraction of sp³-hybridized carbons (Fsp3) is 0.500. The van der Waals surface area contributed by atoms with Crippen LogP contribution in [0.4, 0.5) is 0 Å². The molecule has 0 aliphatic heterocycles. The predicted molar refractivity (Wildman–Crippen MR) is 67.1 cm³/mol. The summed E-state index contributed by atoms with van der Waals surface area (Å²) < 4.78 is 0.